The van der Waals surface area contributed by atoms with Crippen LogP contribution in [0.3, 0.4) is 0 Å². The predicted octanol–water partition coefficient (Wildman–Crippen LogP) is 3.45. The lowest BCUT2D eigenvalue weighted by Gasteiger charge is -2.09. The number of nitrogens with two attached hydrogens (primary N) is 1. The molecule has 1 heterocycles. The van der Waals surface area contributed by atoms with E-state index < -0.39 is 0 Å². The molecule has 96 valence electrons. The fourth-order valence-corrected chi connectivity index (χ4v) is 1.91. The van der Waals surface area contributed by atoms with Gasteiger partial charge >= 0.3 is 0 Å². The number of nitriles is 1. The van der Waals surface area contributed by atoms with E-state index in [0.717, 1.165) is 5.56 Å². The van der Waals surface area contributed by atoms with Crippen LogP contribution >= 0.6 is 23.2 Å². The minimum Gasteiger partial charge on any atom is -0.382 e. The zero-order chi connectivity index (χ0) is 13.8. The molecule has 6 heteroatoms. The number of nitrogens with zero attached hydrogens (tertiary/aromatic N) is 2. The quantitative estimate of drug-likeness (QED) is 0.908. The molecule has 0 aliphatic rings. The van der Waals surface area contributed by atoms with Gasteiger partial charge in [0, 0.05) is 6.54 Å². The smallest absolute Gasteiger partial charge is 0.147 e. The van der Waals surface area contributed by atoms with Crippen LogP contribution in [0.25, 0.3) is 0 Å². The maximum atomic E-state index is 8.71. The van der Waals surface area contributed by atoms with Crippen LogP contribution in [-0.4, -0.2) is 4.98 Å². The lowest BCUT2D eigenvalue weighted by molar-refractivity contribution is 1.11. The van der Waals surface area contributed by atoms with Crippen molar-refractivity contribution in [2.75, 3.05) is 11.1 Å². The van der Waals surface area contributed by atoms with E-state index in [9.17, 15) is 0 Å². The van der Waals surface area contributed by atoms with Crippen molar-refractivity contribution in [3.63, 3.8) is 0 Å². The maximum Gasteiger partial charge on any atom is 0.147 e. The van der Waals surface area contributed by atoms with Crippen molar-refractivity contribution in [1.29, 1.82) is 5.26 Å². The molecular formula is C13H10Cl2N4. The van der Waals surface area contributed by atoms with Crippen molar-refractivity contribution in [1.82, 2.24) is 4.98 Å². The monoisotopic (exact) mass is 292 g/mol. The van der Waals surface area contributed by atoms with Gasteiger partial charge in [0.15, 0.2) is 0 Å². The largest absolute Gasteiger partial charge is 0.382 e. The summed E-state index contributed by atoms with van der Waals surface area (Å²) in [6, 6.07) is 10.8. The molecule has 0 aliphatic heterocycles. The molecule has 0 saturated carbocycles. The van der Waals surface area contributed by atoms with E-state index in [-0.39, 0.29) is 5.82 Å². The zero-order valence-corrected chi connectivity index (χ0v) is 11.3. The molecule has 0 saturated heterocycles. The summed E-state index contributed by atoms with van der Waals surface area (Å²) in [7, 11) is 0. The Balaban J connectivity index is 2.10. The van der Waals surface area contributed by atoms with Crippen molar-refractivity contribution in [3.05, 3.63) is 51.5 Å². The number of nitrogen functional groups attached to an aromatic ring is 1. The molecule has 0 bridgehead atoms. The van der Waals surface area contributed by atoms with Crippen molar-refractivity contribution >= 4 is 34.8 Å². The molecule has 0 atom stereocenters. The first kappa shape index (κ1) is 13.5. The van der Waals surface area contributed by atoms with E-state index in [1.807, 2.05) is 12.1 Å². The molecule has 0 aliphatic carbocycles. The van der Waals surface area contributed by atoms with Crippen LogP contribution in [0.5, 0.6) is 0 Å². The third kappa shape index (κ3) is 3.28. The Kier molecular flexibility index (Phi) is 4.10. The van der Waals surface area contributed by atoms with Gasteiger partial charge in [0.25, 0.3) is 0 Å². The topological polar surface area (TPSA) is 74.7 Å². The van der Waals surface area contributed by atoms with Gasteiger partial charge in [-0.2, -0.15) is 5.26 Å². The third-order valence-electron chi connectivity index (χ3n) is 2.50. The van der Waals surface area contributed by atoms with Gasteiger partial charge < -0.3 is 11.1 Å². The van der Waals surface area contributed by atoms with Gasteiger partial charge in [-0.05, 0) is 23.8 Å². The first-order valence-corrected chi connectivity index (χ1v) is 6.20. The van der Waals surface area contributed by atoms with Crippen molar-refractivity contribution in [3.8, 4) is 6.07 Å². The molecule has 3 N–H and O–H groups in total. The average Bonchev–Trinajstić information content (AvgIpc) is 2.42. The summed E-state index contributed by atoms with van der Waals surface area (Å²) in [4.78, 5) is 4.07. The molecule has 0 spiro atoms. The first-order valence-electron chi connectivity index (χ1n) is 5.44. The van der Waals surface area contributed by atoms with Crippen LogP contribution in [-0.2, 0) is 6.54 Å². The number of anilines is 2. The minimum atomic E-state index is 0.230. The third-order valence-corrected chi connectivity index (χ3v) is 3.09. The number of benzene rings is 1. The molecule has 0 radical (unpaired) electrons. The van der Waals surface area contributed by atoms with Gasteiger partial charge in [0.1, 0.15) is 11.6 Å². The number of hydrogen-bond acceptors (Lipinski definition) is 4. The molecule has 1 aromatic heterocycles. The summed E-state index contributed by atoms with van der Waals surface area (Å²) < 4.78 is 0. The van der Waals surface area contributed by atoms with Crippen LogP contribution < -0.4 is 11.1 Å². The molecule has 0 unspecified atom stereocenters. The van der Waals surface area contributed by atoms with E-state index in [1.54, 1.807) is 18.2 Å². The van der Waals surface area contributed by atoms with E-state index in [4.69, 9.17) is 34.2 Å². The Morgan fingerprint density at radius 3 is 2.53 bits per heavy atom. The molecule has 4 nitrogen and oxygen atoms in total. The number of hydrogen-bond donors (Lipinski definition) is 2. The first-order chi connectivity index (χ1) is 9.10. The Hall–Kier alpha value is -1.96. The fourth-order valence-electron chi connectivity index (χ4n) is 1.49. The highest BCUT2D eigenvalue weighted by Crippen LogP contribution is 2.27. The number of nitrogens with one attached hydrogen (secondary N) is 1. The summed E-state index contributed by atoms with van der Waals surface area (Å²) >= 11 is 11.8. The summed E-state index contributed by atoms with van der Waals surface area (Å²) in [5, 5.41) is 12.5. The minimum absolute atomic E-state index is 0.230. The Labute approximate surface area is 120 Å². The van der Waals surface area contributed by atoms with Gasteiger partial charge in [-0.25, -0.2) is 4.98 Å². The predicted molar refractivity (Wildman–Crippen MR) is 77.2 cm³/mol. The lowest BCUT2D eigenvalue weighted by Crippen LogP contribution is -2.04. The van der Waals surface area contributed by atoms with Gasteiger partial charge in [0.05, 0.1) is 21.7 Å². The van der Waals surface area contributed by atoms with E-state index in [0.29, 0.717) is 28.0 Å². The highest BCUT2D eigenvalue weighted by Gasteiger charge is 2.06. The zero-order valence-electron chi connectivity index (χ0n) is 9.82. The van der Waals surface area contributed by atoms with E-state index >= 15 is 0 Å². The second-order valence-electron chi connectivity index (χ2n) is 3.85. The number of rotatable bonds is 3. The SMILES string of the molecule is N#Cc1ccc(CNc2nc(N)c(Cl)cc2Cl)cc1. The van der Waals surface area contributed by atoms with Gasteiger partial charge in [-0.3, -0.25) is 0 Å². The Morgan fingerprint density at radius 1 is 1.21 bits per heavy atom. The molecule has 0 amide bonds. The number of aromatic nitrogens is 1. The lowest BCUT2D eigenvalue weighted by atomic mass is 10.1. The number of halogens is 2. The van der Waals surface area contributed by atoms with Crippen LogP contribution in [0.15, 0.2) is 30.3 Å². The Bertz CT molecular complexity index is 632. The van der Waals surface area contributed by atoms with Crippen molar-refractivity contribution in [2.45, 2.75) is 6.54 Å². The highest BCUT2D eigenvalue weighted by molar-refractivity contribution is 6.37. The molecule has 19 heavy (non-hydrogen) atoms. The van der Waals surface area contributed by atoms with E-state index in [1.165, 1.54) is 0 Å². The molecular weight excluding hydrogens is 283 g/mol. The van der Waals surface area contributed by atoms with Gasteiger partial charge in [-0.1, -0.05) is 35.3 Å². The second kappa shape index (κ2) is 5.79. The van der Waals surface area contributed by atoms with Gasteiger partial charge in [0.2, 0.25) is 0 Å². The molecule has 0 fully saturated rings. The Morgan fingerprint density at radius 2 is 1.89 bits per heavy atom. The van der Waals surface area contributed by atoms with Gasteiger partial charge in [-0.15, -0.1) is 0 Å². The second-order valence-corrected chi connectivity index (χ2v) is 4.66. The average molecular weight is 293 g/mol. The highest BCUT2D eigenvalue weighted by atomic mass is 35.5. The normalized spacial score (nSPS) is 9.95. The van der Waals surface area contributed by atoms with E-state index in [2.05, 4.69) is 16.4 Å². The summed E-state index contributed by atoms with van der Waals surface area (Å²) in [6.45, 7) is 0.527. The summed E-state index contributed by atoms with van der Waals surface area (Å²) in [6.07, 6.45) is 0. The van der Waals surface area contributed by atoms with Crippen LogP contribution in [0.2, 0.25) is 10.0 Å². The van der Waals surface area contributed by atoms with Crippen LogP contribution in [0.4, 0.5) is 11.6 Å². The summed E-state index contributed by atoms with van der Waals surface area (Å²) in [5.74, 6) is 0.710. The number of pyridine rings is 1. The van der Waals surface area contributed by atoms with Crippen molar-refractivity contribution < 1.29 is 0 Å². The van der Waals surface area contributed by atoms with Crippen LogP contribution in [0.1, 0.15) is 11.1 Å². The molecule has 2 aromatic rings. The molecule has 1 aromatic carbocycles. The fraction of sp³-hybridized carbons (Fsp3) is 0.0769. The summed E-state index contributed by atoms with van der Waals surface area (Å²) in [5.41, 5.74) is 7.24. The molecule has 2 rings (SSSR count). The van der Waals surface area contributed by atoms with Crippen LogP contribution in [0, 0.1) is 11.3 Å². The standard InChI is InChI=1S/C13H10Cl2N4/c14-10-5-11(15)13(19-12(10)17)18-7-9-3-1-8(6-16)2-4-9/h1-5H,7H2,(H3,17,18,19). The maximum absolute atomic E-state index is 8.71. The van der Waals surface area contributed by atoms with Crippen molar-refractivity contribution in [2.24, 2.45) is 0 Å².